The number of carboxylic acids is 1. The Labute approximate surface area is 143 Å². The van der Waals surface area contributed by atoms with Crippen molar-refractivity contribution in [3.8, 4) is 0 Å². The zero-order valence-corrected chi connectivity index (χ0v) is 12.8. The van der Waals surface area contributed by atoms with Crippen LogP contribution in [0.5, 0.6) is 0 Å². The summed E-state index contributed by atoms with van der Waals surface area (Å²) in [6, 6.07) is 6.25. The zero-order valence-electron chi connectivity index (χ0n) is 12.8. The van der Waals surface area contributed by atoms with Crippen molar-refractivity contribution >= 4 is 18.3 Å². The zero-order chi connectivity index (χ0) is 19.3. The van der Waals surface area contributed by atoms with Crippen molar-refractivity contribution in [1.82, 2.24) is 0 Å². The lowest BCUT2D eigenvalue weighted by molar-refractivity contribution is -0.131. The van der Waals surface area contributed by atoms with Crippen molar-refractivity contribution in [2.75, 3.05) is 0 Å². The van der Waals surface area contributed by atoms with E-state index in [1.165, 1.54) is 6.08 Å². The second kappa shape index (κ2) is 8.24. The van der Waals surface area contributed by atoms with Crippen molar-refractivity contribution in [1.29, 1.82) is 0 Å². The van der Waals surface area contributed by atoms with E-state index in [1.54, 1.807) is 24.3 Å². The fourth-order valence-electron chi connectivity index (χ4n) is 1.84. The first-order chi connectivity index (χ1) is 12.3. The molecule has 4 nitrogen and oxygen atoms in total. The molecule has 2 aromatic carbocycles. The summed E-state index contributed by atoms with van der Waals surface area (Å²) in [6.07, 6.45) is 3.47. The molecule has 1 N–H and O–H groups in total. The van der Waals surface area contributed by atoms with Gasteiger partial charge in [-0.1, -0.05) is 29.4 Å². The van der Waals surface area contributed by atoms with E-state index in [0.29, 0.717) is 11.1 Å². The number of carboxylic acid groups (broad SMARTS) is 1. The highest BCUT2D eigenvalue weighted by Gasteiger charge is 2.25. The maximum atomic E-state index is 13.4. The highest BCUT2D eigenvalue weighted by molar-refractivity contribution is 5.85. The number of carbonyl (C=O) groups is 1. The molecule has 0 radical (unpaired) electrons. The van der Waals surface area contributed by atoms with Crippen LogP contribution in [0.15, 0.2) is 35.5 Å². The van der Waals surface area contributed by atoms with Gasteiger partial charge in [0.25, 0.3) is 0 Å². The van der Waals surface area contributed by atoms with Gasteiger partial charge in [0.1, 0.15) is 6.61 Å². The lowest BCUT2D eigenvalue weighted by Gasteiger charge is -2.06. The summed E-state index contributed by atoms with van der Waals surface area (Å²) in [6.45, 7) is -0.957. The molecule has 0 fully saturated rings. The minimum absolute atomic E-state index is 0.495. The second-order valence-electron chi connectivity index (χ2n) is 4.89. The molecule has 9 heteroatoms. The predicted octanol–water partition coefficient (Wildman–Crippen LogP) is 4.03. The highest BCUT2D eigenvalue weighted by Crippen LogP contribution is 2.23. The first-order valence-corrected chi connectivity index (χ1v) is 6.98. The van der Waals surface area contributed by atoms with Crippen LogP contribution in [-0.4, -0.2) is 17.3 Å². The fourth-order valence-corrected chi connectivity index (χ4v) is 1.84. The number of aliphatic carboxylic acids is 1. The summed E-state index contributed by atoms with van der Waals surface area (Å²) in [5.41, 5.74) is -0.0329. The normalized spacial score (nSPS) is 11.4. The molecule has 0 saturated carbocycles. The minimum atomic E-state index is -2.25. The molecule has 26 heavy (non-hydrogen) atoms. The minimum Gasteiger partial charge on any atom is -0.478 e. The van der Waals surface area contributed by atoms with Gasteiger partial charge in [-0.15, -0.1) is 0 Å². The van der Waals surface area contributed by atoms with Crippen LogP contribution in [0.2, 0.25) is 0 Å². The smallest absolute Gasteiger partial charge is 0.328 e. The van der Waals surface area contributed by atoms with Gasteiger partial charge in [0.05, 0.1) is 11.8 Å². The lowest BCUT2D eigenvalue weighted by Crippen LogP contribution is -2.07. The number of halogens is 5. The summed E-state index contributed by atoms with van der Waals surface area (Å²) in [5.74, 6) is -11.4. The molecule has 0 saturated heterocycles. The Morgan fingerprint density at radius 2 is 1.42 bits per heavy atom. The van der Waals surface area contributed by atoms with Crippen LogP contribution < -0.4 is 0 Å². The average molecular weight is 371 g/mol. The van der Waals surface area contributed by atoms with Gasteiger partial charge >= 0.3 is 5.97 Å². The summed E-state index contributed by atoms with van der Waals surface area (Å²) in [7, 11) is 0. The van der Waals surface area contributed by atoms with E-state index in [0.717, 1.165) is 12.3 Å². The van der Waals surface area contributed by atoms with Crippen molar-refractivity contribution in [3.05, 3.63) is 76.1 Å². The largest absolute Gasteiger partial charge is 0.478 e. The second-order valence-corrected chi connectivity index (χ2v) is 4.89. The van der Waals surface area contributed by atoms with Crippen LogP contribution >= 0.6 is 0 Å². The molecule has 0 aliphatic rings. The molecule has 0 heterocycles. The molecular formula is C17H10F5NO3. The molecule has 2 aromatic rings. The topological polar surface area (TPSA) is 58.9 Å². The van der Waals surface area contributed by atoms with Crippen molar-refractivity contribution < 1.29 is 36.7 Å². The molecular weight excluding hydrogens is 361 g/mol. The SMILES string of the molecule is O=C(O)/C=C/c1ccc(/C=N/OCc2c(F)c(F)c(F)c(F)c2F)cc1. The van der Waals surface area contributed by atoms with Gasteiger partial charge in [-0.3, -0.25) is 0 Å². The number of benzene rings is 2. The molecule has 0 atom stereocenters. The molecule has 0 bridgehead atoms. The number of rotatable bonds is 6. The standard InChI is InChI=1S/C17H10F5NO3/c18-13-11(14(19)16(21)17(22)15(13)20)8-26-23-7-10-3-1-9(2-4-10)5-6-12(24)25/h1-7H,8H2,(H,24,25)/b6-5+,23-7+. The number of nitrogens with zero attached hydrogens (tertiary/aromatic N) is 1. The third kappa shape index (κ3) is 4.44. The number of hydrogen-bond donors (Lipinski definition) is 1. The molecule has 0 aromatic heterocycles. The Kier molecular flexibility index (Phi) is 6.05. The lowest BCUT2D eigenvalue weighted by atomic mass is 10.1. The van der Waals surface area contributed by atoms with E-state index in [1.807, 2.05) is 0 Å². The first-order valence-electron chi connectivity index (χ1n) is 6.98. The van der Waals surface area contributed by atoms with E-state index < -0.39 is 47.2 Å². The molecule has 0 amide bonds. The van der Waals surface area contributed by atoms with Gasteiger partial charge in [-0.2, -0.15) is 0 Å². The van der Waals surface area contributed by atoms with Crippen LogP contribution in [0.1, 0.15) is 16.7 Å². The Morgan fingerprint density at radius 1 is 0.923 bits per heavy atom. The number of oxime groups is 1. The van der Waals surface area contributed by atoms with E-state index >= 15 is 0 Å². The number of hydrogen-bond acceptors (Lipinski definition) is 3. The molecule has 0 aliphatic carbocycles. The predicted molar refractivity (Wildman–Crippen MR) is 81.7 cm³/mol. The quantitative estimate of drug-likeness (QED) is 0.208. The maximum absolute atomic E-state index is 13.4. The van der Waals surface area contributed by atoms with Gasteiger partial charge in [0, 0.05) is 6.08 Å². The molecule has 0 aliphatic heterocycles. The summed E-state index contributed by atoms with van der Waals surface area (Å²) in [4.78, 5) is 15.0. The van der Waals surface area contributed by atoms with Gasteiger partial charge in [-0.05, 0) is 17.2 Å². The Bertz CT molecular complexity index is 850. The molecule has 2 rings (SSSR count). The van der Waals surface area contributed by atoms with E-state index in [4.69, 9.17) is 5.11 Å². The Morgan fingerprint density at radius 3 is 1.96 bits per heavy atom. The van der Waals surface area contributed by atoms with Gasteiger partial charge in [0.15, 0.2) is 23.3 Å². The Hall–Kier alpha value is -3.23. The molecule has 136 valence electrons. The summed E-state index contributed by atoms with van der Waals surface area (Å²) >= 11 is 0. The van der Waals surface area contributed by atoms with Crippen LogP contribution in [0, 0.1) is 29.1 Å². The van der Waals surface area contributed by atoms with Crippen molar-refractivity contribution in [2.24, 2.45) is 5.16 Å². The maximum Gasteiger partial charge on any atom is 0.328 e. The third-order valence-corrected chi connectivity index (χ3v) is 3.14. The summed E-state index contributed by atoms with van der Waals surface area (Å²) < 4.78 is 65.8. The highest BCUT2D eigenvalue weighted by atomic mass is 19.2. The van der Waals surface area contributed by atoms with Crippen LogP contribution in [0.3, 0.4) is 0 Å². The summed E-state index contributed by atoms with van der Waals surface area (Å²) in [5, 5.41) is 11.9. The fraction of sp³-hybridized carbons (Fsp3) is 0.0588. The molecule has 0 unspecified atom stereocenters. The molecule has 0 spiro atoms. The van der Waals surface area contributed by atoms with Crippen LogP contribution in [-0.2, 0) is 16.2 Å². The van der Waals surface area contributed by atoms with Crippen molar-refractivity contribution in [3.63, 3.8) is 0 Å². The average Bonchev–Trinajstić information content (AvgIpc) is 2.63. The van der Waals surface area contributed by atoms with E-state index in [-0.39, 0.29) is 0 Å². The van der Waals surface area contributed by atoms with Crippen molar-refractivity contribution in [2.45, 2.75) is 6.61 Å². The van der Waals surface area contributed by atoms with E-state index in [9.17, 15) is 26.7 Å². The van der Waals surface area contributed by atoms with Gasteiger partial charge in [0.2, 0.25) is 5.82 Å². The van der Waals surface area contributed by atoms with Crippen LogP contribution in [0.25, 0.3) is 6.08 Å². The Balaban J connectivity index is 2.03. The van der Waals surface area contributed by atoms with Gasteiger partial charge in [-0.25, -0.2) is 26.7 Å². The van der Waals surface area contributed by atoms with E-state index in [2.05, 4.69) is 9.99 Å². The van der Waals surface area contributed by atoms with Crippen LogP contribution in [0.4, 0.5) is 22.0 Å². The first kappa shape index (κ1) is 19.1. The monoisotopic (exact) mass is 371 g/mol. The third-order valence-electron chi connectivity index (χ3n) is 3.14. The van der Waals surface area contributed by atoms with Gasteiger partial charge < -0.3 is 9.94 Å².